The Kier molecular flexibility index (Phi) is 3.72. The van der Waals surface area contributed by atoms with Gasteiger partial charge in [-0.1, -0.05) is 37.3 Å². The van der Waals surface area contributed by atoms with Crippen LogP contribution in [-0.2, 0) is 14.3 Å². The first-order chi connectivity index (χ1) is 8.72. The van der Waals surface area contributed by atoms with Gasteiger partial charge in [-0.15, -0.1) is 0 Å². The van der Waals surface area contributed by atoms with Crippen molar-refractivity contribution in [1.82, 2.24) is 0 Å². The van der Waals surface area contributed by atoms with Gasteiger partial charge in [0.1, 0.15) is 0 Å². The second-order valence-corrected chi connectivity index (χ2v) is 4.01. The fourth-order valence-corrected chi connectivity index (χ4v) is 1.71. The van der Waals surface area contributed by atoms with Crippen molar-refractivity contribution in [2.45, 2.75) is 13.3 Å². The van der Waals surface area contributed by atoms with Crippen LogP contribution >= 0.6 is 0 Å². The molecular weight excluding hydrogens is 228 g/mol. The predicted octanol–water partition coefficient (Wildman–Crippen LogP) is 2.53. The first-order valence-corrected chi connectivity index (χ1v) is 5.92. The second kappa shape index (κ2) is 5.45. The molecule has 3 heteroatoms. The zero-order valence-electron chi connectivity index (χ0n) is 10.2. The second-order valence-electron chi connectivity index (χ2n) is 4.01. The molecule has 0 amide bonds. The topological polar surface area (TPSA) is 43.4 Å². The van der Waals surface area contributed by atoms with Crippen LogP contribution in [0.25, 0.3) is 5.57 Å². The molecule has 0 fully saturated rings. The number of benzene rings is 1. The fraction of sp³-hybridized carbons (Fsp3) is 0.200. The van der Waals surface area contributed by atoms with Crippen LogP contribution < -0.4 is 0 Å². The van der Waals surface area contributed by atoms with E-state index in [0.29, 0.717) is 12.2 Å². The zero-order chi connectivity index (χ0) is 13.0. The van der Waals surface area contributed by atoms with Gasteiger partial charge in [-0.05, 0) is 12.0 Å². The predicted molar refractivity (Wildman–Crippen MR) is 68.8 cm³/mol. The molecule has 0 aliphatic heterocycles. The summed E-state index contributed by atoms with van der Waals surface area (Å²) in [4.78, 5) is 23.7. The van der Waals surface area contributed by atoms with Crippen LogP contribution in [0, 0.1) is 0 Å². The molecule has 1 aliphatic carbocycles. The van der Waals surface area contributed by atoms with E-state index in [1.165, 1.54) is 12.2 Å². The van der Waals surface area contributed by atoms with Crippen molar-refractivity contribution in [2.24, 2.45) is 0 Å². The molecule has 18 heavy (non-hydrogen) atoms. The minimum absolute atomic E-state index is 0.140. The van der Waals surface area contributed by atoms with Gasteiger partial charge in [-0.3, -0.25) is 9.59 Å². The van der Waals surface area contributed by atoms with Crippen LogP contribution in [0.2, 0.25) is 0 Å². The van der Waals surface area contributed by atoms with Crippen molar-refractivity contribution < 1.29 is 14.3 Å². The van der Waals surface area contributed by atoms with E-state index in [2.05, 4.69) is 0 Å². The van der Waals surface area contributed by atoms with Crippen molar-refractivity contribution in [1.29, 1.82) is 0 Å². The van der Waals surface area contributed by atoms with Crippen molar-refractivity contribution in [3.63, 3.8) is 0 Å². The molecule has 2 rings (SSSR count). The summed E-state index contributed by atoms with van der Waals surface area (Å²) in [5.41, 5.74) is 1.17. The third kappa shape index (κ3) is 2.56. The van der Waals surface area contributed by atoms with Crippen molar-refractivity contribution in [2.75, 3.05) is 6.61 Å². The molecule has 1 aromatic carbocycles. The maximum absolute atomic E-state index is 11.9. The van der Waals surface area contributed by atoms with Gasteiger partial charge in [0, 0.05) is 17.7 Å². The minimum Gasteiger partial charge on any atom is -0.489 e. The van der Waals surface area contributed by atoms with Crippen LogP contribution in [0.3, 0.4) is 0 Å². The van der Waals surface area contributed by atoms with E-state index in [0.717, 1.165) is 12.0 Å². The highest BCUT2D eigenvalue weighted by Crippen LogP contribution is 2.22. The summed E-state index contributed by atoms with van der Waals surface area (Å²) < 4.78 is 5.25. The monoisotopic (exact) mass is 242 g/mol. The maximum Gasteiger partial charge on any atom is 0.221 e. The van der Waals surface area contributed by atoms with E-state index < -0.39 is 0 Å². The first-order valence-electron chi connectivity index (χ1n) is 5.92. The van der Waals surface area contributed by atoms with Gasteiger partial charge in [0.15, 0.2) is 11.5 Å². The normalized spacial score (nSPS) is 15.2. The Morgan fingerprint density at radius 1 is 1.00 bits per heavy atom. The van der Waals surface area contributed by atoms with Crippen LogP contribution in [0.5, 0.6) is 0 Å². The average Bonchev–Trinajstić information content (AvgIpc) is 2.40. The summed E-state index contributed by atoms with van der Waals surface area (Å²) in [5.74, 6) is -0.296. The summed E-state index contributed by atoms with van der Waals surface area (Å²) in [7, 11) is 0. The van der Waals surface area contributed by atoms with Crippen LogP contribution in [-0.4, -0.2) is 18.2 Å². The third-order valence-electron chi connectivity index (χ3n) is 2.59. The van der Waals surface area contributed by atoms with Crippen LogP contribution in [0.1, 0.15) is 18.9 Å². The molecule has 3 nitrogen and oxygen atoms in total. The third-order valence-corrected chi connectivity index (χ3v) is 2.59. The lowest BCUT2D eigenvalue weighted by Gasteiger charge is -2.13. The molecule has 0 heterocycles. The molecule has 92 valence electrons. The number of hydrogen-bond acceptors (Lipinski definition) is 3. The Balaban J connectivity index is 2.23. The van der Waals surface area contributed by atoms with Gasteiger partial charge in [0.05, 0.1) is 6.61 Å². The summed E-state index contributed by atoms with van der Waals surface area (Å²) >= 11 is 0. The first kappa shape index (κ1) is 12.3. The minimum atomic E-state index is -0.248. The molecular formula is C15H14O3. The zero-order valence-corrected chi connectivity index (χ0v) is 10.2. The molecule has 0 saturated carbocycles. The lowest BCUT2D eigenvalue weighted by atomic mass is 9.95. The van der Waals surface area contributed by atoms with E-state index >= 15 is 0 Å². The van der Waals surface area contributed by atoms with Crippen LogP contribution in [0.4, 0.5) is 0 Å². The summed E-state index contributed by atoms with van der Waals surface area (Å²) in [6.07, 6.45) is 3.43. The standard InChI is InChI=1S/C15H14O3/c1-2-8-18-15-10-13(16)12(9-14(15)17)11-6-4-3-5-7-11/h3-7,9-10H,2,8H2,1H3. The molecule has 0 radical (unpaired) electrons. The van der Waals surface area contributed by atoms with E-state index in [1.54, 1.807) is 0 Å². The van der Waals surface area contributed by atoms with Gasteiger partial charge >= 0.3 is 0 Å². The molecule has 0 saturated heterocycles. The van der Waals surface area contributed by atoms with E-state index in [1.807, 2.05) is 37.3 Å². The average molecular weight is 242 g/mol. The van der Waals surface area contributed by atoms with Gasteiger partial charge < -0.3 is 4.74 Å². The Morgan fingerprint density at radius 3 is 2.39 bits per heavy atom. The van der Waals surface area contributed by atoms with Gasteiger partial charge in [-0.2, -0.15) is 0 Å². The Labute approximate surface area is 106 Å². The molecule has 0 atom stereocenters. The lowest BCUT2D eigenvalue weighted by molar-refractivity contribution is -0.116. The molecule has 1 aliphatic rings. The molecule has 0 unspecified atom stereocenters. The van der Waals surface area contributed by atoms with Gasteiger partial charge in [0.2, 0.25) is 5.78 Å². The summed E-state index contributed by atoms with van der Waals surface area (Å²) in [6.45, 7) is 2.39. The number of carbonyl (C=O) groups is 2. The number of carbonyl (C=O) groups excluding carboxylic acids is 2. The maximum atomic E-state index is 11.9. The van der Waals surface area contributed by atoms with E-state index in [-0.39, 0.29) is 17.3 Å². The molecule has 0 spiro atoms. The lowest BCUT2D eigenvalue weighted by Crippen LogP contribution is -2.14. The quantitative estimate of drug-likeness (QED) is 0.762. The largest absolute Gasteiger partial charge is 0.489 e. The summed E-state index contributed by atoms with van der Waals surface area (Å²) in [5, 5.41) is 0. The Hall–Kier alpha value is -2.16. The SMILES string of the molecule is CCCOC1=CC(=O)C(c2ccccc2)=CC1=O. The van der Waals surface area contributed by atoms with Crippen LogP contribution in [0.15, 0.2) is 48.2 Å². The molecule has 0 N–H and O–H groups in total. The molecule has 0 bridgehead atoms. The Morgan fingerprint density at radius 2 is 1.72 bits per heavy atom. The smallest absolute Gasteiger partial charge is 0.221 e. The van der Waals surface area contributed by atoms with E-state index in [4.69, 9.17) is 4.74 Å². The van der Waals surface area contributed by atoms with Crippen molar-refractivity contribution in [3.8, 4) is 0 Å². The van der Waals surface area contributed by atoms with Gasteiger partial charge in [-0.25, -0.2) is 0 Å². The fourth-order valence-electron chi connectivity index (χ4n) is 1.71. The number of allylic oxidation sites excluding steroid dienone is 3. The number of hydrogen-bond donors (Lipinski definition) is 0. The number of ketones is 2. The number of ether oxygens (including phenoxy) is 1. The molecule has 0 aromatic heterocycles. The summed E-state index contributed by atoms with van der Waals surface area (Å²) in [6, 6.07) is 9.15. The Bertz CT molecular complexity index is 524. The van der Waals surface area contributed by atoms with Crippen molar-refractivity contribution >= 4 is 17.1 Å². The van der Waals surface area contributed by atoms with Gasteiger partial charge in [0.25, 0.3) is 0 Å². The highest BCUT2D eigenvalue weighted by Gasteiger charge is 2.22. The highest BCUT2D eigenvalue weighted by atomic mass is 16.5. The number of rotatable bonds is 4. The highest BCUT2D eigenvalue weighted by molar-refractivity contribution is 6.34. The molecule has 1 aromatic rings. The van der Waals surface area contributed by atoms with Crippen molar-refractivity contribution in [3.05, 3.63) is 53.8 Å². The van der Waals surface area contributed by atoms with E-state index in [9.17, 15) is 9.59 Å².